The van der Waals surface area contributed by atoms with Crippen molar-refractivity contribution in [2.45, 2.75) is 18.9 Å². The van der Waals surface area contributed by atoms with E-state index in [0.717, 1.165) is 25.1 Å². The van der Waals surface area contributed by atoms with Crippen molar-refractivity contribution in [1.82, 2.24) is 0 Å². The van der Waals surface area contributed by atoms with E-state index in [9.17, 15) is 9.90 Å². The van der Waals surface area contributed by atoms with Gasteiger partial charge in [-0.15, -0.1) is 0 Å². The van der Waals surface area contributed by atoms with Crippen molar-refractivity contribution in [2.24, 2.45) is 0 Å². The molecule has 2 rings (SSSR count). The molecule has 0 aliphatic carbocycles. The Balaban J connectivity index is 2.37. The van der Waals surface area contributed by atoms with Gasteiger partial charge < -0.3 is 15.1 Å². The second-order valence-corrected chi connectivity index (χ2v) is 4.15. The van der Waals surface area contributed by atoms with Gasteiger partial charge in [-0.25, -0.2) is 4.79 Å². The van der Waals surface area contributed by atoms with E-state index in [4.69, 9.17) is 5.11 Å². The van der Waals surface area contributed by atoms with Gasteiger partial charge in [0.15, 0.2) is 6.10 Å². The van der Waals surface area contributed by atoms with Crippen molar-refractivity contribution in [3.63, 3.8) is 0 Å². The lowest BCUT2D eigenvalue weighted by Crippen LogP contribution is -2.25. The fourth-order valence-electron chi connectivity index (χ4n) is 2.09. The monoisotopic (exact) mass is 221 g/mol. The number of carboxylic acid groups (broad SMARTS) is 1. The van der Waals surface area contributed by atoms with Crippen LogP contribution < -0.4 is 4.90 Å². The molecular weight excluding hydrogens is 206 g/mol. The standard InChI is InChI=1S/C12H15NO3/c1-13-6-2-3-8-4-5-9(7-10(8)13)11(14)12(15)16/h4-5,7,11,14H,2-3,6H2,1H3,(H,15,16). The molecule has 1 aromatic carbocycles. The average Bonchev–Trinajstić information content (AvgIpc) is 2.28. The van der Waals surface area contributed by atoms with Gasteiger partial charge in [-0.1, -0.05) is 12.1 Å². The Hall–Kier alpha value is -1.55. The number of aryl methyl sites for hydroxylation is 1. The molecule has 0 saturated heterocycles. The fourth-order valence-corrected chi connectivity index (χ4v) is 2.09. The van der Waals surface area contributed by atoms with Gasteiger partial charge in [-0.2, -0.15) is 0 Å². The summed E-state index contributed by atoms with van der Waals surface area (Å²) in [6, 6.07) is 5.37. The van der Waals surface area contributed by atoms with Crippen LogP contribution in [0.5, 0.6) is 0 Å². The molecule has 16 heavy (non-hydrogen) atoms. The van der Waals surface area contributed by atoms with Crippen LogP contribution in [0.15, 0.2) is 18.2 Å². The summed E-state index contributed by atoms with van der Waals surface area (Å²) in [4.78, 5) is 12.8. The molecule has 1 aliphatic rings. The molecule has 0 radical (unpaired) electrons. The molecule has 1 unspecified atom stereocenters. The fraction of sp³-hybridized carbons (Fsp3) is 0.417. The highest BCUT2D eigenvalue weighted by molar-refractivity contribution is 5.75. The van der Waals surface area contributed by atoms with Gasteiger partial charge in [0.1, 0.15) is 0 Å². The Morgan fingerprint density at radius 3 is 2.94 bits per heavy atom. The van der Waals surface area contributed by atoms with Crippen molar-refractivity contribution in [2.75, 3.05) is 18.5 Å². The van der Waals surface area contributed by atoms with Crippen molar-refractivity contribution in [3.05, 3.63) is 29.3 Å². The molecule has 1 heterocycles. The van der Waals surface area contributed by atoms with E-state index in [0.29, 0.717) is 5.56 Å². The number of rotatable bonds is 2. The first kappa shape index (κ1) is 11.0. The van der Waals surface area contributed by atoms with E-state index in [1.54, 1.807) is 12.1 Å². The largest absolute Gasteiger partial charge is 0.479 e. The third-order valence-electron chi connectivity index (χ3n) is 3.01. The van der Waals surface area contributed by atoms with Crippen LogP contribution in [0.25, 0.3) is 0 Å². The van der Waals surface area contributed by atoms with Crippen LogP contribution >= 0.6 is 0 Å². The van der Waals surface area contributed by atoms with Crippen LogP contribution in [-0.2, 0) is 11.2 Å². The van der Waals surface area contributed by atoms with Gasteiger partial charge in [0, 0.05) is 19.3 Å². The summed E-state index contributed by atoms with van der Waals surface area (Å²) in [5.74, 6) is -1.21. The molecule has 86 valence electrons. The lowest BCUT2D eigenvalue weighted by molar-refractivity contribution is -0.146. The first-order chi connectivity index (χ1) is 7.59. The van der Waals surface area contributed by atoms with E-state index in [2.05, 4.69) is 4.90 Å². The first-order valence-electron chi connectivity index (χ1n) is 5.34. The van der Waals surface area contributed by atoms with Gasteiger partial charge in [-0.3, -0.25) is 0 Å². The molecule has 0 fully saturated rings. The molecule has 0 amide bonds. The molecule has 0 saturated carbocycles. The summed E-state index contributed by atoms with van der Waals surface area (Å²) in [7, 11) is 1.98. The maximum absolute atomic E-state index is 10.7. The average molecular weight is 221 g/mol. The molecular formula is C12H15NO3. The van der Waals surface area contributed by atoms with E-state index in [1.807, 2.05) is 13.1 Å². The Bertz CT molecular complexity index is 417. The Morgan fingerprint density at radius 1 is 1.50 bits per heavy atom. The lowest BCUT2D eigenvalue weighted by atomic mass is 9.98. The summed E-state index contributed by atoms with van der Waals surface area (Å²) in [6.45, 7) is 0.972. The van der Waals surface area contributed by atoms with Gasteiger partial charge in [0.05, 0.1) is 0 Å². The zero-order valence-electron chi connectivity index (χ0n) is 9.18. The van der Waals surface area contributed by atoms with Gasteiger partial charge >= 0.3 is 5.97 Å². The van der Waals surface area contributed by atoms with Crippen LogP contribution in [0.4, 0.5) is 5.69 Å². The Morgan fingerprint density at radius 2 is 2.25 bits per heavy atom. The first-order valence-corrected chi connectivity index (χ1v) is 5.34. The number of hydrogen-bond donors (Lipinski definition) is 2. The summed E-state index contributed by atoms with van der Waals surface area (Å²) in [6.07, 6.45) is 0.702. The zero-order valence-corrected chi connectivity index (χ0v) is 9.18. The number of aliphatic hydroxyl groups excluding tert-OH is 1. The highest BCUT2D eigenvalue weighted by Gasteiger charge is 2.19. The van der Waals surface area contributed by atoms with Crippen LogP contribution in [0.2, 0.25) is 0 Å². The summed E-state index contributed by atoms with van der Waals surface area (Å²) >= 11 is 0. The molecule has 1 aliphatic heterocycles. The molecule has 0 bridgehead atoms. The minimum Gasteiger partial charge on any atom is -0.479 e. The number of nitrogens with zero attached hydrogens (tertiary/aromatic N) is 1. The second-order valence-electron chi connectivity index (χ2n) is 4.15. The number of hydrogen-bond acceptors (Lipinski definition) is 3. The molecule has 2 N–H and O–H groups in total. The predicted molar refractivity (Wildman–Crippen MR) is 60.6 cm³/mol. The third-order valence-corrected chi connectivity index (χ3v) is 3.01. The van der Waals surface area contributed by atoms with Gasteiger partial charge in [-0.05, 0) is 30.0 Å². The number of anilines is 1. The normalized spacial score (nSPS) is 16.8. The summed E-state index contributed by atoms with van der Waals surface area (Å²) < 4.78 is 0. The Labute approximate surface area is 94.1 Å². The molecule has 1 atom stereocenters. The highest BCUT2D eigenvalue weighted by atomic mass is 16.4. The minimum absolute atomic E-state index is 0.444. The number of aliphatic carboxylic acids is 1. The highest BCUT2D eigenvalue weighted by Crippen LogP contribution is 2.29. The number of carboxylic acids is 1. The number of aliphatic hydroxyl groups is 1. The number of fused-ring (bicyclic) bond motifs is 1. The van der Waals surface area contributed by atoms with Crippen molar-refractivity contribution in [1.29, 1.82) is 0 Å². The molecule has 0 spiro atoms. The van der Waals surface area contributed by atoms with Gasteiger partial charge in [0.2, 0.25) is 0 Å². The van der Waals surface area contributed by atoms with Crippen LogP contribution in [0, 0.1) is 0 Å². The van der Waals surface area contributed by atoms with E-state index in [-0.39, 0.29) is 0 Å². The van der Waals surface area contributed by atoms with E-state index < -0.39 is 12.1 Å². The number of carbonyl (C=O) groups is 1. The SMILES string of the molecule is CN1CCCc2ccc(C(O)C(=O)O)cc21. The second kappa shape index (κ2) is 4.14. The maximum atomic E-state index is 10.7. The quantitative estimate of drug-likeness (QED) is 0.787. The van der Waals surface area contributed by atoms with Crippen molar-refractivity contribution < 1.29 is 15.0 Å². The summed E-state index contributed by atoms with van der Waals surface area (Å²) in [5, 5.41) is 18.2. The molecule has 4 heteroatoms. The van der Waals surface area contributed by atoms with Crippen LogP contribution in [0.1, 0.15) is 23.7 Å². The minimum atomic E-state index is -1.43. The van der Waals surface area contributed by atoms with Crippen molar-refractivity contribution in [3.8, 4) is 0 Å². The smallest absolute Gasteiger partial charge is 0.337 e. The molecule has 4 nitrogen and oxygen atoms in total. The van der Waals surface area contributed by atoms with Crippen LogP contribution in [0.3, 0.4) is 0 Å². The molecule has 0 aromatic heterocycles. The zero-order chi connectivity index (χ0) is 11.7. The topological polar surface area (TPSA) is 60.8 Å². The number of benzene rings is 1. The van der Waals surface area contributed by atoms with Crippen molar-refractivity contribution >= 4 is 11.7 Å². The van der Waals surface area contributed by atoms with Crippen LogP contribution in [-0.4, -0.2) is 29.8 Å². The Kier molecular flexibility index (Phi) is 2.83. The lowest BCUT2D eigenvalue weighted by Gasteiger charge is -2.28. The summed E-state index contributed by atoms with van der Waals surface area (Å²) in [5.41, 5.74) is 2.69. The maximum Gasteiger partial charge on any atom is 0.337 e. The van der Waals surface area contributed by atoms with Gasteiger partial charge in [0.25, 0.3) is 0 Å². The van der Waals surface area contributed by atoms with E-state index in [1.165, 1.54) is 5.56 Å². The third kappa shape index (κ3) is 1.88. The molecule has 1 aromatic rings. The predicted octanol–water partition coefficient (Wildman–Crippen LogP) is 1.19. The van der Waals surface area contributed by atoms with E-state index >= 15 is 0 Å².